The SMILES string of the molecule is O=C(On1c(O)ccc1O)C1CC1c1ccc(Cl)cc1. The van der Waals surface area contributed by atoms with Crippen LogP contribution in [0, 0.1) is 5.92 Å². The van der Waals surface area contributed by atoms with Crippen molar-refractivity contribution in [1.29, 1.82) is 0 Å². The quantitative estimate of drug-likeness (QED) is 0.911. The Morgan fingerprint density at radius 1 is 1.15 bits per heavy atom. The van der Waals surface area contributed by atoms with E-state index < -0.39 is 5.97 Å². The first kappa shape index (κ1) is 12.9. The van der Waals surface area contributed by atoms with Gasteiger partial charge < -0.3 is 15.1 Å². The second-order valence-electron chi connectivity index (χ2n) is 4.75. The van der Waals surface area contributed by atoms with Crippen molar-refractivity contribution in [3.63, 3.8) is 0 Å². The van der Waals surface area contributed by atoms with Gasteiger partial charge in [-0.1, -0.05) is 23.7 Å². The van der Waals surface area contributed by atoms with E-state index in [2.05, 4.69) is 0 Å². The van der Waals surface area contributed by atoms with Crippen LogP contribution in [0.3, 0.4) is 0 Å². The number of aromatic nitrogens is 1. The maximum Gasteiger partial charge on any atom is 0.336 e. The summed E-state index contributed by atoms with van der Waals surface area (Å²) in [6.07, 6.45) is 0.684. The molecule has 2 N–H and O–H groups in total. The molecule has 1 aromatic carbocycles. The van der Waals surface area contributed by atoms with Gasteiger partial charge in [0.1, 0.15) is 0 Å². The number of benzene rings is 1. The van der Waals surface area contributed by atoms with Crippen LogP contribution in [0.25, 0.3) is 0 Å². The molecule has 0 radical (unpaired) electrons. The first-order valence-corrected chi connectivity index (χ1v) is 6.51. The molecule has 1 aliphatic carbocycles. The molecule has 2 unspecified atom stereocenters. The van der Waals surface area contributed by atoms with Crippen molar-refractivity contribution >= 4 is 17.6 Å². The van der Waals surface area contributed by atoms with Gasteiger partial charge in [-0.3, -0.25) is 0 Å². The lowest BCUT2D eigenvalue weighted by Crippen LogP contribution is -2.21. The zero-order valence-corrected chi connectivity index (χ0v) is 11.1. The summed E-state index contributed by atoms with van der Waals surface area (Å²) in [6.45, 7) is 0. The zero-order valence-electron chi connectivity index (χ0n) is 10.4. The fourth-order valence-electron chi connectivity index (χ4n) is 2.19. The van der Waals surface area contributed by atoms with Gasteiger partial charge in [-0.25, -0.2) is 4.79 Å². The third kappa shape index (κ3) is 2.32. The van der Waals surface area contributed by atoms with Crippen LogP contribution in [0.4, 0.5) is 0 Å². The molecule has 0 bridgehead atoms. The van der Waals surface area contributed by atoms with Crippen LogP contribution in [-0.4, -0.2) is 20.9 Å². The Kier molecular flexibility index (Phi) is 3.06. The molecule has 5 nitrogen and oxygen atoms in total. The molecule has 0 aliphatic heterocycles. The summed E-state index contributed by atoms with van der Waals surface area (Å²) in [6, 6.07) is 9.80. The normalized spacial score (nSPS) is 20.6. The second-order valence-corrected chi connectivity index (χ2v) is 5.19. The minimum absolute atomic E-state index is 0.0969. The molecule has 0 saturated heterocycles. The lowest BCUT2D eigenvalue weighted by Gasteiger charge is -2.06. The van der Waals surface area contributed by atoms with Gasteiger partial charge >= 0.3 is 5.97 Å². The van der Waals surface area contributed by atoms with Crippen molar-refractivity contribution in [2.45, 2.75) is 12.3 Å². The number of nitrogens with zero attached hydrogens (tertiary/aromatic N) is 1. The monoisotopic (exact) mass is 293 g/mol. The Balaban J connectivity index is 1.67. The fraction of sp³-hybridized carbons (Fsp3) is 0.214. The van der Waals surface area contributed by atoms with E-state index in [4.69, 9.17) is 16.4 Å². The van der Waals surface area contributed by atoms with Gasteiger partial charge in [-0.15, -0.1) is 4.73 Å². The maximum atomic E-state index is 11.9. The highest BCUT2D eigenvalue weighted by atomic mass is 35.5. The first-order valence-electron chi connectivity index (χ1n) is 6.13. The number of hydrogen-bond acceptors (Lipinski definition) is 4. The molecule has 1 fully saturated rings. The largest absolute Gasteiger partial charge is 0.492 e. The Labute approximate surface area is 119 Å². The van der Waals surface area contributed by atoms with Gasteiger partial charge in [0, 0.05) is 17.2 Å². The lowest BCUT2D eigenvalue weighted by molar-refractivity contribution is -0.147. The number of carbonyl (C=O) groups is 1. The highest BCUT2D eigenvalue weighted by Crippen LogP contribution is 2.48. The second kappa shape index (κ2) is 4.76. The molecule has 1 aliphatic rings. The van der Waals surface area contributed by atoms with Crippen LogP contribution in [0.2, 0.25) is 5.02 Å². The maximum absolute atomic E-state index is 11.9. The predicted octanol–water partition coefficient (Wildman–Crippen LogP) is 2.31. The molecular weight excluding hydrogens is 282 g/mol. The van der Waals surface area contributed by atoms with Crippen LogP contribution in [0.15, 0.2) is 36.4 Å². The van der Waals surface area contributed by atoms with E-state index in [-0.39, 0.29) is 23.6 Å². The molecule has 1 heterocycles. The minimum Gasteiger partial charge on any atom is -0.492 e. The molecule has 2 atom stereocenters. The Morgan fingerprint density at radius 3 is 2.35 bits per heavy atom. The smallest absolute Gasteiger partial charge is 0.336 e. The van der Waals surface area contributed by atoms with Crippen LogP contribution in [0.5, 0.6) is 11.8 Å². The summed E-state index contributed by atoms with van der Waals surface area (Å²) < 4.78 is 0.708. The first-order chi connectivity index (χ1) is 9.56. The fourth-order valence-corrected chi connectivity index (χ4v) is 2.31. The van der Waals surface area contributed by atoms with Crippen LogP contribution < -0.4 is 4.84 Å². The number of aromatic hydroxyl groups is 2. The molecule has 6 heteroatoms. The molecule has 1 aromatic heterocycles. The van der Waals surface area contributed by atoms with Crippen LogP contribution >= 0.6 is 11.6 Å². The standard InChI is InChI=1S/C14H12ClNO4/c15-9-3-1-8(2-4-9)10-7-11(10)14(19)20-16-12(17)5-6-13(16)18/h1-6,10-11,17-18H,7H2. The van der Waals surface area contributed by atoms with Crippen molar-refractivity contribution in [1.82, 2.24) is 4.73 Å². The number of halogens is 1. The van der Waals surface area contributed by atoms with Crippen LogP contribution in [0.1, 0.15) is 17.9 Å². The summed E-state index contributed by atoms with van der Waals surface area (Å²) in [5.74, 6) is -1.29. The van der Waals surface area contributed by atoms with Gasteiger partial charge in [0.2, 0.25) is 11.8 Å². The van der Waals surface area contributed by atoms with Gasteiger partial charge in [-0.05, 0) is 30.0 Å². The zero-order chi connectivity index (χ0) is 14.3. The molecule has 104 valence electrons. The summed E-state index contributed by atoms with van der Waals surface area (Å²) in [5, 5.41) is 19.5. The van der Waals surface area contributed by atoms with Crippen molar-refractivity contribution in [3.8, 4) is 11.8 Å². The predicted molar refractivity (Wildman–Crippen MR) is 71.6 cm³/mol. The van der Waals surface area contributed by atoms with E-state index in [9.17, 15) is 15.0 Å². The van der Waals surface area contributed by atoms with E-state index in [1.807, 2.05) is 12.1 Å². The molecule has 0 spiro atoms. The number of carbonyl (C=O) groups excluding carboxylic acids is 1. The third-order valence-electron chi connectivity index (χ3n) is 3.37. The summed E-state index contributed by atoms with van der Waals surface area (Å²) in [7, 11) is 0. The average molecular weight is 294 g/mol. The molecule has 3 rings (SSSR count). The Morgan fingerprint density at radius 2 is 1.75 bits per heavy atom. The molecule has 1 saturated carbocycles. The van der Waals surface area contributed by atoms with E-state index >= 15 is 0 Å². The third-order valence-corrected chi connectivity index (χ3v) is 3.62. The summed E-state index contributed by atoms with van der Waals surface area (Å²) in [4.78, 5) is 16.9. The lowest BCUT2D eigenvalue weighted by atomic mass is 10.1. The van der Waals surface area contributed by atoms with Gasteiger partial charge in [0.15, 0.2) is 0 Å². The van der Waals surface area contributed by atoms with Crippen molar-refractivity contribution in [3.05, 3.63) is 47.0 Å². The van der Waals surface area contributed by atoms with Gasteiger partial charge in [-0.2, -0.15) is 0 Å². The van der Waals surface area contributed by atoms with Gasteiger partial charge in [0.05, 0.1) is 5.92 Å². The van der Waals surface area contributed by atoms with Crippen molar-refractivity contribution < 1.29 is 19.8 Å². The molecule has 2 aromatic rings. The Bertz CT molecular complexity index is 630. The highest BCUT2D eigenvalue weighted by Gasteiger charge is 2.46. The van der Waals surface area contributed by atoms with E-state index in [0.29, 0.717) is 16.2 Å². The highest BCUT2D eigenvalue weighted by molar-refractivity contribution is 6.30. The summed E-state index contributed by atoms with van der Waals surface area (Å²) >= 11 is 5.81. The van der Waals surface area contributed by atoms with Gasteiger partial charge in [0.25, 0.3) is 0 Å². The van der Waals surface area contributed by atoms with E-state index in [1.54, 1.807) is 12.1 Å². The van der Waals surface area contributed by atoms with E-state index in [0.717, 1.165) is 5.56 Å². The minimum atomic E-state index is -0.480. The van der Waals surface area contributed by atoms with Crippen molar-refractivity contribution in [2.24, 2.45) is 5.92 Å². The average Bonchev–Trinajstić information content (AvgIpc) is 3.17. The van der Waals surface area contributed by atoms with Crippen molar-refractivity contribution in [2.75, 3.05) is 0 Å². The number of hydrogen-bond donors (Lipinski definition) is 2. The number of rotatable bonds is 3. The summed E-state index contributed by atoms with van der Waals surface area (Å²) in [5.41, 5.74) is 1.03. The van der Waals surface area contributed by atoms with Crippen LogP contribution in [-0.2, 0) is 4.79 Å². The molecule has 20 heavy (non-hydrogen) atoms. The Hall–Kier alpha value is -2.14. The topological polar surface area (TPSA) is 71.7 Å². The molecular formula is C14H12ClNO4. The molecule has 0 amide bonds. The van der Waals surface area contributed by atoms with E-state index in [1.165, 1.54) is 12.1 Å².